The van der Waals surface area contributed by atoms with Gasteiger partial charge < -0.3 is 20.0 Å². The minimum absolute atomic E-state index is 0.140. The molecule has 9 heteroatoms. The van der Waals surface area contributed by atoms with Gasteiger partial charge in [0.1, 0.15) is 13.1 Å². The number of rotatable bonds is 8. The number of alkyl halides is 3. The van der Waals surface area contributed by atoms with Gasteiger partial charge in [-0.3, -0.25) is 4.79 Å². The van der Waals surface area contributed by atoms with Crippen molar-refractivity contribution >= 4 is 12.0 Å². The number of hydrogen-bond donors (Lipinski definition) is 2. The molecule has 0 spiro atoms. The van der Waals surface area contributed by atoms with Crippen LogP contribution >= 0.6 is 0 Å². The molecule has 2 N–H and O–H groups in total. The van der Waals surface area contributed by atoms with Crippen LogP contribution in [0.3, 0.4) is 0 Å². The first-order valence-electron chi connectivity index (χ1n) is 6.61. The molecule has 0 heterocycles. The van der Waals surface area contributed by atoms with E-state index in [4.69, 9.17) is 10.2 Å². The number of carbonyl (C=O) groups is 2. The Kier molecular flexibility index (Phi) is 8.08. The van der Waals surface area contributed by atoms with Gasteiger partial charge in [-0.2, -0.15) is 13.2 Å². The van der Waals surface area contributed by atoms with E-state index >= 15 is 0 Å². The maximum absolute atomic E-state index is 12.5. The van der Waals surface area contributed by atoms with Crippen molar-refractivity contribution in [1.82, 2.24) is 9.80 Å². The van der Waals surface area contributed by atoms with E-state index in [0.29, 0.717) is 12.8 Å². The van der Waals surface area contributed by atoms with Gasteiger partial charge in [0.25, 0.3) is 0 Å². The number of urea groups is 1. The molecule has 0 aliphatic carbocycles. The molecule has 0 aromatic rings. The van der Waals surface area contributed by atoms with Crippen LogP contribution in [0.25, 0.3) is 0 Å². The molecule has 0 unspecified atom stereocenters. The maximum atomic E-state index is 12.5. The highest BCUT2D eigenvalue weighted by molar-refractivity contribution is 5.80. The second-order valence-electron chi connectivity index (χ2n) is 4.53. The van der Waals surface area contributed by atoms with Crippen molar-refractivity contribution in [2.75, 3.05) is 26.2 Å². The summed E-state index contributed by atoms with van der Waals surface area (Å²) in [5.74, 6) is -1.53. The van der Waals surface area contributed by atoms with Crippen LogP contribution in [0.5, 0.6) is 0 Å². The number of carboxylic acid groups (broad SMARTS) is 1. The number of aliphatic carboxylic acids is 1. The Bertz CT molecular complexity index is 346. The Labute approximate surface area is 121 Å². The summed E-state index contributed by atoms with van der Waals surface area (Å²) < 4.78 is 37.4. The molecule has 21 heavy (non-hydrogen) atoms. The van der Waals surface area contributed by atoms with Crippen molar-refractivity contribution in [2.45, 2.75) is 38.9 Å². The average Bonchev–Trinajstić information content (AvgIpc) is 2.35. The van der Waals surface area contributed by atoms with Crippen LogP contribution in [0.15, 0.2) is 0 Å². The smallest absolute Gasteiger partial charge is 0.406 e. The van der Waals surface area contributed by atoms with Gasteiger partial charge in [0, 0.05) is 12.6 Å². The number of hydrogen-bond acceptors (Lipinski definition) is 3. The summed E-state index contributed by atoms with van der Waals surface area (Å²) in [6.45, 7) is 0.295. The van der Waals surface area contributed by atoms with Gasteiger partial charge in [-0.1, -0.05) is 13.8 Å². The van der Waals surface area contributed by atoms with Crippen molar-refractivity contribution in [2.24, 2.45) is 0 Å². The number of aliphatic hydroxyl groups excluding tert-OH is 1. The highest BCUT2D eigenvalue weighted by atomic mass is 19.4. The average molecular weight is 314 g/mol. The Balaban J connectivity index is 5.22. The van der Waals surface area contributed by atoms with Gasteiger partial charge in [-0.25, -0.2) is 4.79 Å². The summed E-state index contributed by atoms with van der Waals surface area (Å²) in [4.78, 5) is 24.2. The molecule has 0 bridgehead atoms. The van der Waals surface area contributed by atoms with Gasteiger partial charge in [-0.05, 0) is 12.8 Å². The Morgan fingerprint density at radius 2 is 1.71 bits per heavy atom. The molecule has 0 rings (SSSR count). The van der Waals surface area contributed by atoms with E-state index in [2.05, 4.69) is 0 Å². The second-order valence-corrected chi connectivity index (χ2v) is 4.53. The largest absolute Gasteiger partial charge is 0.480 e. The van der Waals surface area contributed by atoms with Gasteiger partial charge in [0.15, 0.2) is 0 Å². The van der Waals surface area contributed by atoms with Crippen molar-refractivity contribution in [3.05, 3.63) is 0 Å². The Hall–Kier alpha value is -1.51. The van der Waals surface area contributed by atoms with E-state index in [1.807, 2.05) is 0 Å². The van der Waals surface area contributed by atoms with Gasteiger partial charge in [0.05, 0.1) is 6.61 Å². The van der Waals surface area contributed by atoms with Gasteiger partial charge in [0.2, 0.25) is 0 Å². The molecule has 0 radical (unpaired) electrons. The number of amides is 2. The van der Waals surface area contributed by atoms with Crippen LogP contribution in [-0.2, 0) is 4.79 Å². The number of carboxylic acids is 1. The molecule has 124 valence electrons. The molecule has 0 aromatic carbocycles. The van der Waals surface area contributed by atoms with Crippen molar-refractivity contribution in [3.8, 4) is 0 Å². The molecular weight excluding hydrogens is 293 g/mol. The lowest BCUT2D eigenvalue weighted by atomic mass is 10.1. The minimum Gasteiger partial charge on any atom is -0.480 e. The SMILES string of the molecule is CCC(CC)N(CCO)C(=O)N(CC(=O)O)CC(F)(F)F. The standard InChI is InChI=1S/C12H21F3N2O4/c1-3-9(4-2)17(5-6-18)11(21)16(7-10(19)20)8-12(13,14)15/h9,18H,3-8H2,1-2H3,(H,19,20). The first-order chi connectivity index (χ1) is 9.66. The predicted molar refractivity (Wildman–Crippen MR) is 68.8 cm³/mol. The van der Waals surface area contributed by atoms with Crippen LogP contribution in [0.4, 0.5) is 18.0 Å². The van der Waals surface area contributed by atoms with Crippen molar-refractivity contribution < 1.29 is 33.0 Å². The molecule has 0 aromatic heterocycles. The Morgan fingerprint density at radius 3 is 2.05 bits per heavy atom. The van der Waals surface area contributed by atoms with Crippen LogP contribution in [-0.4, -0.2) is 70.5 Å². The topological polar surface area (TPSA) is 81.1 Å². The number of nitrogens with zero attached hydrogens (tertiary/aromatic N) is 2. The summed E-state index contributed by atoms with van der Waals surface area (Å²) in [6, 6.07) is -1.38. The summed E-state index contributed by atoms with van der Waals surface area (Å²) in [5.41, 5.74) is 0. The minimum atomic E-state index is -4.69. The molecule has 0 aliphatic rings. The third kappa shape index (κ3) is 7.16. The zero-order valence-corrected chi connectivity index (χ0v) is 12.1. The summed E-state index contributed by atoms with van der Waals surface area (Å²) in [5, 5.41) is 17.6. The lowest BCUT2D eigenvalue weighted by molar-refractivity contribution is -0.150. The van der Waals surface area contributed by atoms with Crippen LogP contribution in [0.1, 0.15) is 26.7 Å². The first kappa shape index (κ1) is 19.5. The van der Waals surface area contributed by atoms with Crippen LogP contribution in [0, 0.1) is 0 Å². The highest BCUT2D eigenvalue weighted by Gasteiger charge is 2.36. The molecule has 0 atom stereocenters. The van der Waals surface area contributed by atoms with E-state index in [1.54, 1.807) is 13.8 Å². The van der Waals surface area contributed by atoms with Crippen molar-refractivity contribution in [1.29, 1.82) is 0 Å². The number of aliphatic hydroxyl groups is 1. The Morgan fingerprint density at radius 1 is 1.19 bits per heavy atom. The third-order valence-corrected chi connectivity index (χ3v) is 2.94. The quantitative estimate of drug-likeness (QED) is 0.712. The predicted octanol–water partition coefficient (Wildman–Crippen LogP) is 1.54. The number of carbonyl (C=O) groups excluding carboxylic acids is 1. The molecule has 6 nitrogen and oxygen atoms in total. The molecule has 0 saturated carbocycles. The van der Waals surface area contributed by atoms with E-state index in [1.165, 1.54) is 0 Å². The zero-order chi connectivity index (χ0) is 16.6. The summed E-state index contributed by atoms with van der Waals surface area (Å²) in [7, 11) is 0. The molecule has 0 saturated heterocycles. The number of halogens is 3. The van der Waals surface area contributed by atoms with Crippen LogP contribution < -0.4 is 0 Å². The fourth-order valence-corrected chi connectivity index (χ4v) is 2.02. The van der Waals surface area contributed by atoms with Gasteiger partial charge >= 0.3 is 18.2 Å². The van der Waals surface area contributed by atoms with E-state index in [-0.39, 0.29) is 17.5 Å². The fourth-order valence-electron chi connectivity index (χ4n) is 2.02. The van der Waals surface area contributed by atoms with Gasteiger partial charge in [-0.15, -0.1) is 0 Å². The fraction of sp³-hybridized carbons (Fsp3) is 0.833. The molecular formula is C12H21F3N2O4. The monoisotopic (exact) mass is 314 g/mol. The normalized spacial score (nSPS) is 11.6. The maximum Gasteiger partial charge on any atom is 0.406 e. The van der Waals surface area contributed by atoms with Crippen LogP contribution in [0.2, 0.25) is 0 Å². The lowest BCUT2D eigenvalue weighted by Gasteiger charge is -2.34. The highest BCUT2D eigenvalue weighted by Crippen LogP contribution is 2.19. The molecule has 0 fully saturated rings. The zero-order valence-electron chi connectivity index (χ0n) is 12.1. The molecule has 2 amide bonds. The summed E-state index contributed by atoms with van der Waals surface area (Å²) in [6.07, 6.45) is -3.70. The van der Waals surface area contributed by atoms with E-state index in [0.717, 1.165) is 4.90 Å². The van der Waals surface area contributed by atoms with Crippen molar-refractivity contribution in [3.63, 3.8) is 0 Å². The third-order valence-electron chi connectivity index (χ3n) is 2.94. The first-order valence-corrected chi connectivity index (χ1v) is 6.61. The molecule has 0 aliphatic heterocycles. The van der Waals surface area contributed by atoms with E-state index in [9.17, 15) is 22.8 Å². The van der Waals surface area contributed by atoms with E-state index < -0.39 is 37.9 Å². The summed E-state index contributed by atoms with van der Waals surface area (Å²) >= 11 is 0. The lowest BCUT2D eigenvalue weighted by Crippen LogP contribution is -2.52. The second kappa shape index (κ2) is 8.71.